The summed E-state index contributed by atoms with van der Waals surface area (Å²) in [5.74, 6) is 2.67. The van der Waals surface area contributed by atoms with E-state index in [1.54, 1.807) is 37.4 Å². The van der Waals surface area contributed by atoms with Crippen molar-refractivity contribution in [2.45, 2.75) is 32.0 Å². The summed E-state index contributed by atoms with van der Waals surface area (Å²) in [6.45, 7) is 6.33. The van der Waals surface area contributed by atoms with Crippen LogP contribution in [0.2, 0.25) is 0 Å². The normalized spacial score (nSPS) is 16.5. The molecule has 1 aromatic rings. The van der Waals surface area contributed by atoms with E-state index in [4.69, 9.17) is 0 Å². The van der Waals surface area contributed by atoms with Crippen LogP contribution in [0.4, 0.5) is 11.6 Å². The average Bonchev–Trinajstić information content (AvgIpc) is 2.45. The van der Waals surface area contributed by atoms with Crippen LogP contribution in [0.3, 0.4) is 0 Å². The number of aromatic nitrogens is 2. The van der Waals surface area contributed by atoms with Crippen molar-refractivity contribution in [3.8, 4) is 0 Å². The number of hydrogen-bond acceptors (Lipinski definition) is 8. The summed E-state index contributed by atoms with van der Waals surface area (Å²) >= 11 is 3.20. The largest absolute Gasteiger partial charge is 0.387 e. The zero-order chi connectivity index (χ0) is 17.5. The molecule has 2 atom stereocenters. The Hall–Kier alpha value is -0.700. The number of thioether (sulfide) groups is 2. The first kappa shape index (κ1) is 20.3. The van der Waals surface area contributed by atoms with Crippen LogP contribution in [0.25, 0.3) is 0 Å². The lowest BCUT2D eigenvalue weighted by molar-refractivity contribution is 0.0992. The van der Waals surface area contributed by atoms with Gasteiger partial charge in [-0.2, -0.15) is 23.5 Å². The molecular weight excluding hydrogens is 332 g/mol. The summed E-state index contributed by atoms with van der Waals surface area (Å²) in [5.41, 5.74) is -0.730. The second kappa shape index (κ2) is 8.96. The van der Waals surface area contributed by atoms with Gasteiger partial charge in [0.25, 0.3) is 0 Å². The maximum atomic E-state index is 10.2. The number of anilines is 2. The zero-order valence-electron chi connectivity index (χ0n) is 14.5. The molecule has 0 fully saturated rings. The molecule has 132 valence electrons. The molecule has 0 aliphatic rings. The molecule has 8 heteroatoms. The van der Waals surface area contributed by atoms with E-state index in [-0.39, 0.29) is 0 Å². The van der Waals surface area contributed by atoms with Crippen molar-refractivity contribution in [3.63, 3.8) is 0 Å². The van der Waals surface area contributed by atoms with Gasteiger partial charge in [-0.25, -0.2) is 9.97 Å². The van der Waals surface area contributed by atoms with E-state index in [0.29, 0.717) is 36.2 Å². The van der Waals surface area contributed by atoms with Gasteiger partial charge >= 0.3 is 0 Å². The Morgan fingerprint density at radius 2 is 1.35 bits per heavy atom. The predicted molar refractivity (Wildman–Crippen MR) is 102 cm³/mol. The topological polar surface area (TPSA) is 90.3 Å². The summed E-state index contributed by atoms with van der Waals surface area (Å²) in [5, 5.41) is 26.8. The van der Waals surface area contributed by atoms with Gasteiger partial charge < -0.3 is 20.8 Å². The summed E-state index contributed by atoms with van der Waals surface area (Å²) in [6.07, 6.45) is 5.41. The molecule has 0 bridgehead atoms. The number of rotatable bonds is 10. The molecule has 23 heavy (non-hydrogen) atoms. The van der Waals surface area contributed by atoms with Crippen molar-refractivity contribution in [2.24, 2.45) is 0 Å². The Kier molecular flexibility index (Phi) is 7.93. The maximum absolute atomic E-state index is 10.2. The van der Waals surface area contributed by atoms with E-state index in [0.717, 1.165) is 5.56 Å². The predicted octanol–water partition coefficient (Wildman–Crippen LogP) is 1.84. The third-order valence-electron chi connectivity index (χ3n) is 3.27. The highest BCUT2D eigenvalue weighted by atomic mass is 32.2. The van der Waals surface area contributed by atoms with Gasteiger partial charge in [0.15, 0.2) is 0 Å². The van der Waals surface area contributed by atoms with Gasteiger partial charge in [0.1, 0.15) is 18.0 Å². The first-order valence-corrected chi connectivity index (χ1v) is 10.2. The molecule has 0 saturated heterocycles. The number of nitrogens with one attached hydrogen (secondary N) is 2. The van der Waals surface area contributed by atoms with E-state index in [2.05, 4.69) is 20.6 Å². The Balaban J connectivity index is 2.71. The molecule has 0 aliphatic carbocycles. The number of hydrogen-bond donors (Lipinski definition) is 4. The third kappa shape index (κ3) is 7.15. The highest BCUT2D eigenvalue weighted by Gasteiger charge is 2.22. The fraction of sp³-hybridized carbons (Fsp3) is 0.733. The first-order chi connectivity index (χ1) is 10.7. The Labute approximate surface area is 147 Å². The molecule has 0 spiro atoms. The minimum Gasteiger partial charge on any atom is -0.387 e. The summed E-state index contributed by atoms with van der Waals surface area (Å²) in [4.78, 5) is 8.47. The van der Waals surface area contributed by atoms with Crippen LogP contribution in [-0.2, 0) is 0 Å². The van der Waals surface area contributed by atoms with E-state index in [9.17, 15) is 10.2 Å². The number of aliphatic hydroxyl groups is 2. The van der Waals surface area contributed by atoms with Crippen LogP contribution in [0, 0.1) is 6.92 Å². The molecule has 6 nitrogen and oxygen atoms in total. The van der Waals surface area contributed by atoms with Crippen molar-refractivity contribution < 1.29 is 10.2 Å². The van der Waals surface area contributed by atoms with Crippen LogP contribution < -0.4 is 10.6 Å². The molecule has 2 unspecified atom stereocenters. The van der Waals surface area contributed by atoms with Crippen LogP contribution in [0.15, 0.2) is 6.33 Å². The molecule has 0 aliphatic heterocycles. The van der Waals surface area contributed by atoms with Crippen molar-refractivity contribution >= 4 is 35.2 Å². The lowest BCUT2D eigenvalue weighted by atomic mass is 10.1. The fourth-order valence-electron chi connectivity index (χ4n) is 2.08. The summed E-state index contributed by atoms with van der Waals surface area (Å²) in [6, 6.07) is 0. The van der Waals surface area contributed by atoms with E-state index in [1.165, 1.54) is 6.33 Å². The van der Waals surface area contributed by atoms with Gasteiger partial charge in [-0.1, -0.05) is 0 Å². The monoisotopic (exact) mass is 360 g/mol. The zero-order valence-corrected chi connectivity index (χ0v) is 16.1. The minimum absolute atomic E-state index is 0.412. The van der Waals surface area contributed by atoms with Crippen molar-refractivity contribution in [1.82, 2.24) is 9.97 Å². The van der Waals surface area contributed by atoms with Crippen LogP contribution in [0.5, 0.6) is 0 Å². The molecular formula is C15H28N4O2S2. The Morgan fingerprint density at radius 3 is 1.70 bits per heavy atom. The molecule has 0 saturated carbocycles. The van der Waals surface area contributed by atoms with E-state index < -0.39 is 11.2 Å². The molecule has 1 aromatic heterocycles. The lowest BCUT2D eigenvalue weighted by Crippen LogP contribution is -2.37. The maximum Gasteiger partial charge on any atom is 0.134 e. The van der Waals surface area contributed by atoms with Gasteiger partial charge in [-0.15, -0.1) is 0 Å². The number of nitrogens with zero attached hydrogens (tertiary/aromatic N) is 2. The van der Waals surface area contributed by atoms with Gasteiger partial charge in [-0.05, 0) is 33.3 Å². The molecule has 4 N–H and O–H groups in total. The molecule has 0 aromatic carbocycles. The Bertz CT molecular complexity index is 458. The third-order valence-corrected chi connectivity index (χ3v) is 5.09. The van der Waals surface area contributed by atoms with Crippen LogP contribution in [-0.4, -0.2) is 68.5 Å². The molecule has 1 heterocycles. The minimum atomic E-state index is -0.799. The smallest absolute Gasteiger partial charge is 0.134 e. The summed E-state index contributed by atoms with van der Waals surface area (Å²) < 4.78 is 0. The molecule has 1 rings (SSSR count). The first-order valence-electron chi connectivity index (χ1n) is 7.43. The van der Waals surface area contributed by atoms with Crippen LogP contribution >= 0.6 is 23.5 Å². The quantitative estimate of drug-likeness (QED) is 0.502. The molecule has 0 amide bonds. The van der Waals surface area contributed by atoms with E-state index >= 15 is 0 Å². The van der Waals surface area contributed by atoms with Gasteiger partial charge in [0.2, 0.25) is 0 Å². The SMILES string of the molecule is CSCC(C)(O)CNc1ncnc(NCC(C)(O)CSC)c1C. The highest BCUT2D eigenvalue weighted by Crippen LogP contribution is 2.21. The van der Waals surface area contributed by atoms with Crippen LogP contribution in [0.1, 0.15) is 19.4 Å². The Morgan fingerprint density at radius 1 is 0.957 bits per heavy atom. The fourth-order valence-corrected chi connectivity index (χ4v) is 3.53. The lowest BCUT2D eigenvalue weighted by Gasteiger charge is -2.25. The molecule has 0 radical (unpaired) electrons. The van der Waals surface area contributed by atoms with Crippen molar-refractivity contribution in [1.29, 1.82) is 0 Å². The van der Waals surface area contributed by atoms with Gasteiger partial charge in [0, 0.05) is 30.2 Å². The van der Waals surface area contributed by atoms with Gasteiger partial charge in [0.05, 0.1) is 11.2 Å². The highest BCUT2D eigenvalue weighted by molar-refractivity contribution is 7.98. The van der Waals surface area contributed by atoms with Crippen molar-refractivity contribution in [3.05, 3.63) is 11.9 Å². The standard InChI is InChI=1S/C15H28N4O2S2/c1-11-12(16-6-14(2,20)8-22-4)18-10-19-13(11)17-7-15(3,21)9-23-5/h10,20-21H,6-9H2,1-5H3,(H2,16,17,18,19). The second-order valence-corrected chi connectivity index (χ2v) is 7.99. The van der Waals surface area contributed by atoms with E-state index in [1.807, 2.05) is 19.4 Å². The van der Waals surface area contributed by atoms with Crippen molar-refractivity contribution in [2.75, 3.05) is 47.7 Å². The van der Waals surface area contributed by atoms with Gasteiger partial charge in [-0.3, -0.25) is 0 Å². The average molecular weight is 361 g/mol. The summed E-state index contributed by atoms with van der Waals surface area (Å²) in [7, 11) is 0. The second-order valence-electron chi connectivity index (χ2n) is 6.26.